The zero-order chi connectivity index (χ0) is 12.4. The monoisotopic (exact) mass is 236 g/mol. The third-order valence-electron chi connectivity index (χ3n) is 2.39. The fourth-order valence-corrected chi connectivity index (χ4v) is 1.39. The van der Waals surface area contributed by atoms with Crippen LogP contribution in [0, 0.1) is 0 Å². The van der Waals surface area contributed by atoms with Gasteiger partial charge in [0.1, 0.15) is 5.75 Å². The van der Waals surface area contributed by atoms with Crippen LogP contribution in [0.4, 0.5) is 10.5 Å². The predicted octanol–water partition coefficient (Wildman–Crippen LogP) is 1.37. The molecular weight excluding hydrogens is 224 g/mol. The van der Waals surface area contributed by atoms with E-state index >= 15 is 0 Å². The van der Waals surface area contributed by atoms with Crippen LogP contribution < -0.4 is 10.6 Å². The Hall–Kier alpha value is -2.24. The Morgan fingerprint density at radius 2 is 2.00 bits per heavy atom. The van der Waals surface area contributed by atoms with E-state index in [1.54, 1.807) is 0 Å². The number of rotatable bonds is 3. The summed E-state index contributed by atoms with van der Waals surface area (Å²) >= 11 is 0. The van der Waals surface area contributed by atoms with Crippen LogP contribution in [0.15, 0.2) is 18.2 Å². The van der Waals surface area contributed by atoms with Gasteiger partial charge in [0.25, 0.3) is 0 Å². The summed E-state index contributed by atoms with van der Waals surface area (Å²) in [7, 11) is 0. The highest BCUT2D eigenvalue weighted by Crippen LogP contribution is 2.22. The van der Waals surface area contributed by atoms with E-state index in [-0.39, 0.29) is 23.0 Å². The van der Waals surface area contributed by atoms with Gasteiger partial charge in [-0.2, -0.15) is 0 Å². The number of urea groups is 1. The Kier molecular flexibility index (Phi) is 2.86. The first kappa shape index (κ1) is 11.3. The maximum Gasteiger partial charge on any atom is 0.337 e. The Morgan fingerprint density at radius 1 is 1.29 bits per heavy atom. The molecule has 1 aliphatic carbocycles. The molecule has 1 saturated carbocycles. The Bertz CT molecular complexity index is 469. The van der Waals surface area contributed by atoms with Gasteiger partial charge in [0, 0.05) is 6.04 Å². The molecule has 1 fully saturated rings. The average molecular weight is 236 g/mol. The summed E-state index contributed by atoms with van der Waals surface area (Å²) in [6.45, 7) is 0. The molecule has 17 heavy (non-hydrogen) atoms. The highest BCUT2D eigenvalue weighted by atomic mass is 16.4. The lowest BCUT2D eigenvalue weighted by Crippen LogP contribution is -2.30. The molecule has 0 saturated heterocycles. The quantitative estimate of drug-likeness (QED) is 0.596. The van der Waals surface area contributed by atoms with Crippen molar-refractivity contribution >= 4 is 17.7 Å². The van der Waals surface area contributed by atoms with E-state index in [0.717, 1.165) is 18.9 Å². The van der Waals surface area contributed by atoms with E-state index in [2.05, 4.69) is 10.6 Å². The molecule has 0 spiro atoms. The molecule has 0 aromatic heterocycles. The molecule has 6 nitrogen and oxygen atoms in total. The van der Waals surface area contributed by atoms with E-state index in [4.69, 9.17) is 5.11 Å². The fourth-order valence-electron chi connectivity index (χ4n) is 1.39. The molecule has 90 valence electrons. The van der Waals surface area contributed by atoms with Crippen molar-refractivity contribution < 1.29 is 19.8 Å². The Morgan fingerprint density at radius 3 is 2.59 bits per heavy atom. The summed E-state index contributed by atoms with van der Waals surface area (Å²) in [5, 5.41) is 23.2. The second kappa shape index (κ2) is 4.32. The number of carbonyl (C=O) groups is 2. The van der Waals surface area contributed by atoms with Gasteiger partial charge in [-0.1, -0.05) is 0 Å². The van der Waals surface area contributed by atoms with Crippen LogP contribution in [0.2, 0.25) is 0 Å². The van der Waals surface area contributed by atoms with Gasteiger partial charge in [-0.3, -0.25) is 0 Å². The van der Waals surface area contributed by atoms with Crippen LogP contribution in [0.5, 0.6) is 5.75 Å². The number of hydrogen-bond donors (Lipinski definition) is 4. The molecule has 0 unspecified atom stereocenters. The van der Waals surface area contributed by atoms with E-state index in [9.17, 15) is 14.7 Å². The van der Waals surface area contributed by atoms with Crippen molar-refractivity contribution in [2.45, 2.75) is 18.9 Å². The average Bonchev–Trinajstić information content (AvgIpc) is 3.04. The minimum atomic E-state index is -1.21. The Balaban J connectivity index is 2.13. The number of phenolic OH excluding ortho intramolecular Hbond substituents is 1. The van der Waals surface area contributed by atoms with Gasteiger partial charge < -0.3 is 20.8 Å². The van der Waals surface area contributed by atoms with Gasteiger partial charge in [-0.25, -0.2) is 9.59 Å². The van der Waals surface area contributed by atoms with E-state index in [0.29, 0.717) is 0 Å². The standard InChI is InChI=1S/C11H12N2O4/c14-7-3-4-9(8(5-7)10(15)16)13-11(17)12-6-1-2-6/h3-6,14H,1-2H2,(H,15,16)(H2,12,13,17). The van der Waals surface area contributed by atoms with Gasteiger partial charge >= 0.3 is 12.0 Å². The smallest absolute Gasteiger partial charge is 0.337 e. The number of carboxylic acid groups (broad SMARTS) is 1. The van der Waals surface area contributed by atoms with Crippen molar-refractivity contribution in [2.24, 2.45) is 0 Å². The molecule has 0 heterocycles. The number of anilines is 1. The third kappa shape index (κ3) is 2.87. The number of aromatic carboxylic acids is 1. The third-order valence-corrected chi connectivity index (χ3v) is 2.39. The van der Waals surface area contributed by atoms with Crippen molar-refractivity contribution in [3.63, 3.8) is 0 Å². The predicted molar refractivity (Wildman–Crippen MR) is 60.2 cm³/mol. The molecule has 2 rings (SSSR count). The van der Waals surface area contributed by atoms with Crippen molar-refractivity contribution in [1.82, 2.24) is 5.32 Å². The number of phenols is 1. The van der Waals surface area contributed by atoms with Crippen molar-refractivity contribution in [1.29, 1.82) is 0 Å². The lowest BCUT2D eigenvalue weighted by atomic mass is 10.1. The SMILES string of the molecule is O=C(Nc1ccc(O)cc1C(=O)O)NC1CC1. The van der Waals surface area contributed by atoms with E-state index in [1.165, 1.54) is 12.1 Å². The number of carbonyl (C=O) groups excluding carboxylic acids is 1. The number of hydrogen-bond acceptors (Lipinski definition) is 3. The first-order chi connectivity index (χ1) is 8.06. The lowest BCUT2D eigenvalue weighted by Gasteiger charge is -2.09. The zero-order valence-corrected chi connectivity index (χ0v) is 8.93. The molecule has 4 N–H and O–H groups in total. The van der Waals surface area contributed by atoms with Crippen LogP contribution in [0.1, 0.15) is 23.2 Å². The maximum absolute atomic E-state index is 11.4. The van der Waals surface area contributed by atoms with Crippen LogP contribution in [0.3, 0.4) is 0 Å². The molecule has 0 radical (unpaired) electrons. The van der Waals surface area contributed by atoms with Gasteiger partial charge in [-0.15, -0.1) is 0 Å². The molecule has 2 amide bonds. The number of amides is 2. The minimum absolute atomic E-state index is 0.143. The van der Waals surface area contributed by atoms with Gasteiger partial charge in [0.2, 0.25) is 0 Å². The van der Waals surface area contributed by atoms with Crippen LogP contribution in [-0.2, 0) is 0 Å². The highest BCUT2D eigenvalue weighted by Gasteiger charge is 2.23. The van der Waals surface area contributed by atoms with Crippen LogP contribution >= 0.6 is 0 Å². The maximum atomic E-state index is 11.4. The zero-order valence-electron chi connectivity index (χ0n) is 8.93. The normalized spacial score (nSPS) is 14.1. The molecule has 0 aliphatic heterocycles. The number of benzene rings is 1. The number of nitrogens with one attached hydrogen (secondary N) is 2. The van der Waals surface area contributed by atoms with Gasteiger partial charge in [0.05, 0.1) is 11.3 Å². The topological polar surface area (TPSA) is 98.7 Å². The molecule has 0 atom stereocenters. The fraction of sp³-hybridized carbons (Fsp3) is 0.273. The Labute approximate surface area is 97.3 Å². The summed E-state index contributed by atoms with van der Waals surface area (Å²) in [6, 6.07) is 3.53. The van der Waals surface area contributed by atoms with Crippen LogP contribution in [-0.4, -0.2) is 28.3 Å². The summed E-state index contributed by atoms with van der Waals surface area (Å²) in [5.74, 6) is -1.36. The molecule has 1 aliphatic rings. The summed E-state index contributed by atoms with van der Waals surface area (Å²) in [5.41, 5.74) is 0.0180. The summed E-state index contributed by atoms with van der Waals surface area (Å²) in [4.78, 5) is 22.4. The molecule has 0 bridgehead atoms. The van der Waals surface area contributed by atoms with E-state index < -0.39 is 12.0 Å². The number of carboxylic acids is 1. The first-order valence-corrected chi connectivity index (χ1v) is 5.20. The van der Waals surface area contributed by atoms with Crippen molar-refractivity contribution in [3.8, 4) is 5.75 Å². The lowest BCUT2D eigenvalue weighted by molar-refractivity contribution is 0.0697. The molecule has 1 aromatic carbocycles. The highest BCUT2D eigenvalue weighted by molar-refractivity contribution is 6.00. The second-order valence-electron chi connectivity index (χ2n) is 3.91. The minimum Gasteiger partial charge on any atom is -0.508 e. The molecule has 1 aromatic rings. The largest absolute Gasteiger partial charge is 0.508 e. The molecular formula is C11H12N2O4. The summed E-state index contributed by atoms with van der Waals surface area (Å²) < 4.78 is 0. The van der Waals surface area contributed by atoms with Crippen molar-refractivity contribution in [3.05, 3.63) is 23.8 Å². The van der Waals surface area contributed by atoms with Gasteiger partial charge in [-0.05, 0) is 31.0 Å². The van der Waals surface area contributed by atoms with Gasteiger partial charge in [0.15, 0.2) is 0 Å². The first-order valence-electron chi connectivity index (χ1n) is 5.20. The van der Waals surface area contributed by atoms with Crippen molar-refractivity contribution in [2.75, 3.05) is 5.32 Å². The number of aromatic hydroxyl groups is 1. The second-order valence-corrected chi connectivity index (χ2v) is 3.91. The summed E-state index contributed by atoms with van der Waals surface area (Å²) in [6.07, 6.45) is 1.91. The molecule has 6 heteroatoms. The van der Waals surface area contributed by atoms with Crippen LogP contribution in [0.25, 0.3) is 0 Å². The van der Waals surface area contributed by atoms with E-state index in [1.807, 2.05) is 0 Å².